The number of amides is 1. The SMILES string of the molecule is CC/C=C\C/C=C\C/C=C\C/C=C\C/C=C\C/C=C\C/C=C\C/C=C\C/C=C\C/C=C\CCCCC(=O)NC(COC1OC(CO)C(OC2OC(CO)C(OC3OC(CO)C(O)C(O)C3O)C(O)C2O)C(O)C1O)C(O)CCCCCCCCCCCCCCCCCCCCCCCCCCCCCCCCC. The lowest BCUT2D eigenvalue weighted by Crippen LogP contribution is -2.66. The molecule has 0 radical (unpaired) electrons. The fourth-order valence-electron chi connectivity index (χ4n) is 13.9. The van der Waals surface area contributed by atoms with E-state index in [1.807, 2.05) is 0 Å². The molecule has 12 N–H and O–H groups in total. The highest BCUT2D eigenvalue weighted by Crippen LogP contribution is 2.33. The van der Waals surface area contributed by atoms with Crippen molar-refractivity contribution in [1.29, 1.82) is 0 Å². The molecule has 19 heteroatoms. The molecule has 1 amide bonds. The number of rotatable bonds is 68. The molecule has 3 aliphatic rings. The van der Waals surface area contributed by atoms with E-state index >= 15 is 0 Å². The predicted molar refractivity (Wildman–Crippen MR) is 438 cm³/mol. The van der Waals surface area contributed by atoms with Gasteiger partial charge in [-0.25, -0.2) is 0 Å². The third kappa shape index (κ3) is 47.6. The van der Waals surface area contributed by atoms with Crippen LogP contribution in [0.3, 0.4) is 0 Å². The Morgan fingerprint density at radius 1 is 0.339 bits per heavy atom. The zero-order valence-electron chi connectivity index (χ0n) is 67.5. The highest BCUT2D eigenvalue weighted by atomic mass is 16.8. The van der Waals surface area contributed by atoms with Crippen LogP contribution in [0.4, 0.5) is 0 Å². The molecule has 17 atom stereocenters. The zero-order valence-corrected chi connectivity index (χ0v) is 67.5. The molecule has 0 aromatic carbocycles. The Morgan fingerprint density at radius 3 is 0.972 bits per heavy atom. The number of unbranched alkanes of at least 4 members (excludes halogenated alkanes) is 32. The van der Waals surface area contributed by atoms with Crippen LogP contribution >= 0.6 is 0 Å². The Hall–Kier alpha value is -3.81. The van der Waals surface area contributed by atoms with Crippen molar-refractivity contribution in [1.82, 2.24) is 5.32 Å². The summed E-state index contributed by atoms with van der Waals surface area (Å²) in [6.07, 6.45) is 70.1. The standard InChI is InChI=1S/C90H155NO18/c1-3-5-7-9-11-13-15-17-19-21-23-25-27-29-31-33-35-36-38-40-42-44-46-48-50-52-54-56-58-60-62-64-66-68-78(96)91-73(74(95)67-65-63-61-59-57-55-53-51-49-47-45-43-41-39-37-34-32-30-28-26-24-22-20-18-16-14-12-10-8-6-4-2)72-104-88-84(102)81(99)86(76(70-93)106-88)109-90-85(103)82(100)87(77(71-94)107-90)108-89-83(101)80(98)79(97)75(69-92)105-89/h5,7,11,13,17,19,23,25,29,31,35-36,40,42,46,48,52,54,58,60,73-77,79-90,92-95,97-103H,3-4,6,8-10,12,14-16,18,20-22,24,26-28,30,32-34,37-39,41,43-45,47,49-51,53,55-57,59,61-72H2,1-2H3,(H,91,96)/b7-5-,13-11-,19-17-,25-23-,31-29-,36-35-,42-40-,48-46-,54-52-,60-58-. The highest BCUT2D eigenvalue weighted by Gasteiger charge is 2.54. The maximum atomic E-state index is 13.5. The fraction of sp³-hybridized carbons (Fsp3) is 0.767. The summed E-state index contributed by atoms with van der Waals surface area (Å²) in [6, 6.07) is -0.923. The summed E-state index contributed by atoms with van der Waals surface area (Å²) in [5.74, 6) is -0.286. The summed E-state index contributed by atoms with van der Waals surface area (Å²) < 4.78 is 34.5. The Bertz CT molecular complexity index is 2440. The first kappa shape index (κ1) is 99.4. The van der Waals surface area contributed by atoms with Crippen LogP contribution in [0.25, 0.3) is 0 Å². The summed E-state index contributed by atoms with van der Waals surface area (Å²) >= 11 is 0. The molecule has 3 heterocycles. The van der Waals surface area contributed by atoms with Crippen LogP contribution in [0.15, 0.2) is 122 Å². The summed E-state index contributed by atoms with van der Waals surface area (Å²) in [5.41, 5.74) is 0. The molecule has 3 rings (SSSR count). The molecule has 3 fully saturated rings. The topological polar surface area (TPSA) is 307 Å². The highest BCUT2D eigenvalue weighted by molar-refractivity contribution is 5.76. The van der Waals surface area contributed by atoms with Gasteiger partial charge in [0.05, 0.1) is 38.6 Å². The van der Waals surface area contributed by atoms with Crippen LogP contribution in [0.1, 0.15) is 309 Å². The molecule has 0 bridgehead atoms. The maximum absolute atomic E-state index is 13.5. The quantitative estimate of drug-likeness (QED) is 0.0199. The minimum Gasteiger partial charge on any atom is -0.394 e. The third-order valence-corrected chi connectivity index (χ3v) is 20.8. The fourth-order valence-corrected chi connectivity index (χ4v) is 13.9. The van der Waals surface area contributed by atoms with Crippen LogP contribution in [-0.4, -0.2) is 193 Å². The van der Waals surface area contributed by atoms with E-state index in [0.29, 0.717) is 19.3 Å². The third-order valence-electron chi connectivity index (χ3n) is 20.8. The molecule has 0 aromatic heterocycles. The monoisotopic (exact) mass is 1540 g/mol. The number of ether oxygens (including phenoxy) is 6. The van der Waals surface area contributed by atoms with E-state index in [9.17, 15) is 61.0 Å². The maximum Gasteiger partial charge on any atom is 0.220 e. The van der Waals surface area contributed by atoms with Crippen molar-refractivity contribution in [2.24, 2.45) is 0 Å². The summed E-state index contributed by atoms with van der Waals surface area (Å²) in [5, 5.41) is 121. The van der Waals surface area contributed by atoms with Crippen LogP contribution in [0, 0.1) is 0 Å². The molecule has 628 valence electrons. The largest absolute Gasteiger partial charge is 0.394 e. The zero-order chi connectivity index (χ0) is 78.8. The van der Waals surface area contributed by atoms with Crippen LogP contribution < -0.4 is 5.32 Å². The van der Waals surface area contributed by atoms with Crippen LogP contribution in [-0.2, 0) is 33.2 Å². The van der Waals surface area contributed by atoms with Gasteiger partial charge in [0.15, 0.2) is 18.9 Å². The number of hydrogen-bond acceptors (Lipinski definition) is 18. The minimum absolute atomic E-state index is 0.203. The van der Waals surface area contributed by atoms with Gasteiger partial charge in [-0.2, -0.15) is 0 Å². The van der Waals surface area contributed by atoms with Gasteiger partial charge in [0.25, 0.3) is 0 Å². The molecule has 0 aromatic rings. The normalized spacial score (nSPS) is 25.9. The Labute approximate surface area is 658 Å². The number of allylic oxidation sites excluding steroid dienone is 20. The smallest absolute Gasteiger partial charge is 0.220 e. The van der Waals surface area contributed by atoms with E-state index in [4.69, 9.17) is 28.4 Å². The molecule has 3 aliphatic heterocycles. The Kier molecular flexibility index (Phi) is 62.5. The van der Waals surface area contributed by atoms with Crippen molar-refractivity contribution in [3.63, 3.8) is 0 Å². The van der Waals surface area contributed by atoms with E-state index in [-0.39, 0.29) is 18.9 Å². The molecule has 17 unspecified atom stereocenters. The van der Waals surface area contributed by atoms with Gasteiger partial charge in [0, 0.05) is 6.42 Å². The first-order valence-electron chi connectivity index (χ1n) is 43.3. The van der Waals surface area contributed by atoms with Crippen molar-refractivity contribution in [2.45, 2.75) is 413 Å². The van der Waals surface area contributed by atoms with E-state index in [2.05, 4.69) is 141 Å². The Morgan fingerprint density at radius 2 is 0.633 bits per heavy atom. The van der Waals surface area contributed by atoms with Crippen molar-refractivity contribution in [3.8, 4) is 0 Å². The predicted octanol–water partition coefficient (Wildman–Crippen LogP) is 15.8. The number of hydrogen-bond donors (Lipinski definition) is 12. The van der Waals surface area contributed by atoms with Gasteiger partial charge in [0.1, 0.15) is 73.2 Å². The molecule has 109 heavy (non-hydrogen) atoms. The van der Waals surface area contributed by atoms with Crippen molar-refractivity contribution in [3.05, 3.63) is 122 Å². The van der Waals surface area contributed by atoms with Crippen molar-refractivity contribution < 1.29 is 89.4 Å². The lowest BCUT2D eigenvalue weighted by Gasteiger charge is -2.48. The van der Waals surface area contributed by atoms with Gasteiger partial charge in [-0.15, -0.1) is 0 Å². The lowest BCUT2D eigenvalue weighted by atomic mass is 9.96. The van der Waals surface area contributed by atoms with Gasteiger partial charge in [-0.05, 0) is 89.9 Å². The lowest BCUT2D eigenvalue weighted by molar-refractivity contribution is -0.379. The summed E-state index contributed by atoms with van der Waals surface area (Å²) in [4.78, 5) is 13.5. The average Bonchev–Trinajstić information content (AvgIpc) is 0.782. The second-order valence-corrected chi connectivity index (χ2v) is 30.3. The molecule has 19 nitrogen and oxygen atoms in total. The second kappa shape index (κ2) is 68.6. The van der Waals surface area contributed by atoms with Crippen molar-refractivity contribution in [2.75, 3.05) is 26.4 Å². The van der Waals surface area contributed by atoms with Crippen molar-refractivity contribution >= 4 is 5.91 Å². The number of nitrogens with one attached hydrogen (secondary N) is 1. The van der Waals surface area contributed by atoms with Gasteiger partial charge in [-0.1, -0.05) is 334 Å². The van der Waals surface area contributed by atoms with Crippen LogP contribution in [0.5, 0.6) is 0 Å². The first-order valence-corrected chi connectivity index (χ1v) is 43.3. The minimum atomic E-state index is -1.98. The van der Waals surface area contributed by atoms with E-state index < -0.39 is 124 Å². The van der Waals surface area contributed by atoms with E-state index in [1.54, 1.807) is 0 Å². The van der Waals surface area contributed by atoms with Crippen LogP contribution in [0.2, 0.25) is 0 Å². The average molecular weight is 1540 g/mol. The van der Waals surface area contributed by atoms with E-state index in [0.717, 1.165) is 96.3 Å². The molecular weight excluding hydrogens is 1380 g/mol. The number of carbonyl (C=O) groups excluding carboxylic acids is 1. The van der Waals surface area contributed by atoms with E-state index in [1.165, 1.54) is 173 Å². The number of carbonyl (C=O) groups is 1. The van der Waals surface area contributed by atoms with Gasteiger partial charge < -0.3 is 89.9 Å². The molecule has 0 saturated carbocycles. The molecule has 0 aliphatic carbocycles. The second-order valence-electron chi connectivity index (χ2n) is 30.3. The van der Waals surface area contributed by atoms with Gasteiger partial charge in [-0.3, -0.25) is 4.79 Å². The summed E-state index contributed by atoms with van der Waals surface area (Å²) in [7, 11) is 0. The first-order chi connectivity index (χ1) is 53.3. The van der Waals surface area contributed by atoms with Gasteiger partial charge in [0.2, 0.25) is 5.91 Å². The number of aliphatic hydroxyl groups is 11. The summed E-state index contributed by atoms with van der Waals surface area (Å²) in [6.45, 7) is 1.68. The molecule has 0 spiro atoms. The van der Waals surface area contributed by atoms with Gasteiger partial charge >= 0.3 is 0 Å². The molecule has 3 saturated heterocycles. The Balaban J connectivity index is 1.37. The number of aliphatic hydroxyl groups excluding tert-OH is 11. The molecular formula is C90H155NO18.